The van der Waals surface area contributed by atoms with Crippen LogP contribution in [0.4, 0.5) is 5.69 Å². The second kappa shape index (κ2) is 2.48. The predicted molar refractivity (Wildman–Crippen MR) is 46.1 cm³/mol. The lowest BCUT2D eigenvalue weighted by Gasteiger charge is -2.10. The highest BCUT2D eigenvalue weighted by atomic mass is 16.5. The number of hydrogen-bond donors (Lipinski definition) is 0. The number of nitrogens with zero attached hydrogens (tertiary/aromatic N) is 3. The molecule has 2 aromatic heterocycles. The van der Waals surface area contributed by atoms with Gasteiger partial charge < -0.3 is 9.42 Å². The van der Waals surface area contributed by atoms with Gasteiger partial charge in [0.15, 0.2) is 0 Å². The summed E-state index contributed by atoms with van der Waals surface area (Å²) in [5.41, 5.74) is 2.53. The molecule has 0 aliphatic carbocycles. The molecule has 2 heterocycles. The third-order valence-corrected chi connectivity index (χ3v) is 1.71. The molecule has 0 unspecified atom stereocenters. The van der Waals surface area contributed by atoms with E-state index in [-0.39, 0.29) is 0 Å². The van der Waals surface area contributed by atoms with Gasteiger partial charge in [-0.15, -0.1) is 0 Å². The number of anilines is 1. The van der Waals surface area contributed by atoms with Crippen LogP contribution < -0.4 is 4.90 Å². The normalized spacial score (nSPS) is 10.5. The maximum atomic E-state index is 5.06. The molecule has 12 heavy (non-hydrogen) atoms. The average molecular weight is 163 g/mol. The zero-order chi connectivity index (χ0) is 8.55. The number of rotatable bonds is 1. The minimum absolute atomic E-state index is 0.738. The van der Waals surface area contributed by atoms with Crippen LogP contribution in [0.25, 0.3) is 11.1 Å². The summed E-state index contributed by atoms with van der Waals surface area (Å²) in [5, 5.41) is 3.68. The summed E-state index contributed by atoms with van der Waals surface area (Å²) in [4.78, 5) is 6.07. The first-order chi connectivity index (χ1) is 5.79. The van der Waals surface area contributed by atoms with E-state index in [1.807, 2.05) is 25.1 Å². The van der Waals surface area contributed by atoms with E-state index in [0.717, 1.165) is 16.8 Å². The fourth-order valence-electron chi connectivity index (χ4n) is 1.12. The van der Waals surface area contributed by atoms with E-state index in [0.29, 0.717) is 0 Å². The van der Waals surface area contributed by atoms with Crippen molar-refractivity contribution in [3.63, 3.8) is 0 Å². The Morgan fingerprint density at radius 2 is 2.25 bits per heavy atom. The standard InChI is InChI=1S/C8H9N3O/c1-11(2)7-3-4-9-6-5-10-12-8(6)7/h3-5H,1-2H3. The molecule has 0 N–H and O–H groups in total. The first kappa shape index (κ1) is 7.09. The molecular formula is C8H9N3O. The molecule has 4 nitrogen and oxygen atoms in total. The summed E-state index contributed by atoms with van der Waals surface area (Å²) in [6.07, 6.45) is 3.36. The van der Waals surface area contributed by atoms with Crippen molar-refractivity contribution in [1.82, 2.24) is 10.1 Å². The van der Waals surface area contributed by atoms with E-state index in [4.69, 9.17) is 4.52 Å². The maximum Gasteiger partial charge on any atom is 0.208 e. The Labute approximate surface area is 69.8 Å². The minimum atomic E-state index is 0.738. The number of pyridine rings is 1. The first-order valence-electron chi connectivity index (χ1n) is 3.66. The molecule has 0 saturated carbocycles. The first-order valence-corrected chi connectivity index (χ1v) is 3.66. The highest BCUT2D eigenvalue weighted by Crippen LogP contribution is 2.22. The number of fused-ring (bicyclic) bond motifs is 1. The van der Waals surface area contributed by atoms with Crippen LogP contribution in [0, 0.1) is 0 Å². The highest BCUT2D eigenvalue weighted by Gasteiger charge is 2.06. The van der Waals surface area contributed by atoms with Crippen molar-refractivity contribution in [2.75, 3.05) is 19.0 Å². The lowest BCUT2D eigenvalue weighted by Crippen LogP contribution is -2.08. The molecule has 0 atom stereocenters. The van der Waals surface area contributed by atoms with Crippen LogP contribution in [0.2, 0.25) is 0 Å². The molecule has 4 heteroatoms. The Kier molecular flexibility index (Phi) is 1.46. The molecule has 2 rings (SSSR count). The molecule has 0 aliphatic rings. The third kappa shape index (κ3) is 0.922. The summed E-state index contributed by atoms with van der Waals surface area (Å²) in [5.74, 6) is 0. The third-order valence-electron chi connectivity index (χ3n) is 1.71. The van der Waals surface area contributed by atoms with E-state index in [9.17, 15) is 0 Å². The van der Waals surface area contributed by atoms with Crippen LogP contribution in [-0.4, -0.2) is 24.2 Å². The molecule has 0 spiro atoms. The van der Waals surface area contributed by atoms with Gasteiger partial charge in [0.05, 0.1) is 11.9 Å². The van der Waals surface area contributed by atoms with E-state index in [1.165, 1.54) is 0 Å². The average Bonchev–Trinajstić information content (AvgIpc) is 2.49. The summed E-state index contributed by atoms with van der Waals surface area (Å²) >= 11 is 0. The van der Waals surface area contributed by atoms with Crippen molar-refractivity contribution in [1.29, 1.82) is 0 Å². The van der Waals surface area contributed by atoms with Crippen LogP contribution in [0.15, 0.2) is 23.0 Å². The van der Waals surface area contributed by atoms with Crippen molar-refractivity contribution in [2.24, 2.45) is 0 Å². The van der Waals surface area contributed by atoms with Gasteiger partial charge in [-0.3, -0.25) is 4.98 Å². The predicted octanol–water partition coefficient (Wildman–Crippen LogP) is 1.29. The van der Waals surface area contributed by atoms with Gasteiger partial charge in [0, 0.05) is 20.3 Å². The van der Waals surface area contributed by atoms with E-state index >= 15 is 0 Å². The monoisotopic (exact) mass is 163 g/mol. The van der Waals surface area contributed by atoms with Crippen LogP contribution in [0.3, 0.4) is 0 Å². The molecule has 0 amide bonds. The van der Waals surface area contributed by atoms with Crippen LogP contribution in [0.1, 0.15) is 0 Å². The topological polar surface area (TPSA) is 42.2 Å². The largest absolute Gasteiger partial charge is 0.374 e. The Morgan fingerprint density at radius 3 is 3.00 bits per heavy atom. The maximum absolute atomic E-state index is 5.06. The summed E-state index contributed by atoms with van der Waals surface area (Å²) in [6, 6.07) is 1.90. The van der Waals surface area contributed by atoms with Gasteiger partial charge >= 0.3 is 0 Å². The van der Waals surface area contributed by atoms with Gasteiger partial charge in [-0.2, -0.15) is 0 Å². The summed E-state index contributed by atoms with van der Waals surface area (Å²) in [6.45, 7) is 0. The van der Waals surface area contributed by atoms with E-state index in [2.05, 4.69) is 10.1 Å². The van der Waals surface area contributed by atoms with Crippen LogP contribution in [-0.2, 0) is 0 Å². The quantitative estimate of drug-likeness (QED) is 0.635. The SMILES string of the molecule is CN(C)c1ccnc2cnoc12. The Hall–Kier alpha value is -1.58. The van der Waals surface area contributed by atoms with Crippen molar-refractivity contribution >= 4 is 16.8 Å². The van der Waals surface area contributed by atoms with Gasteiger partial charge in [-0.05, 0) is 6.07 Å². The molecule has 0 saturated heterocycles. The van der Waals surface area contributed by atoms with Crippen LogP contribution >= 0.6 is 0 Å². The van der Waals surface area contributed by atoms with Crippen molar-refractivity contribution in [3.8, 4) is 0 Å². The Bertz CT molecular complexity index is 394. The summed E-state index contributed by atoms with van der Waals surface area (Å²) in [7, 11) is 3.91. The van der Waals surface area contributed by atoms with Crippen molar-refractivity contribution in [2.45, 2.75) is 0 Å². The van der Waals surface area contributed by atoms with Gasteiger partial charge in [-0.25, -0.2) is 0 Å². The van der Waals surface area contributed by atoms with Crippen molar-refractivity contribution in [3.05, 3.63) is 18.5 Å². The molecule has 2 aromatic rings. The van der Waals surface area contributed by atoms with Gasteiger partial charge in [-0.1, -0.05) is 5.16 Å². The van der Waals surface area contributed by atoms with Gasteiger partial charge in [0.2, 0.25) is 5.58 Å². The second-order valence-corrected chi connectivity index (χ2v) is 2.76. The fourth-order valence-corrected chi connectivity index (χ4v) is 1.12. The number of aromatic nitrogens is 2. The Morgan fingerprint density at radius 1 is 1.42 bits per heavy atom. The zero-order valence-corrected chi connectivity index (χ0v) is 6.98. The molecular weight excluding hydrogens is 154 g/mol. The molecule has 0 aliphatic heterocycles. The van der Waals surface area contributed by atoms with Gasteiger partial charge in [0.25, 0.3) is 0 Å². The number of hydrogen-bond acceptors (Lipinski definition) is 4. The molecule has 0 aromatic carbocycles. The van der Waals surface area contributed by atoms with Gasteiger partial charge in [0.1, 0.15) is 5.52 Å². The van der Waals surface area contributed by atoms with Crippen molar-refractivity contribution < 1.29 is 4.52 Å². The molecule has 0 radical (unpaired) electrons. The minimum Gasteiger partial charge on any atom is -0.374 e. The fraction of sp³-hybridized carbons (Fsp3) is 0.250. The lowest BCUT2D eigenvalue weighted by molar-refractivity contribution is 0.456. The van der Waals surface area contributed by atoms with Crippen LogP contribution in [0.5, 0.6) is 0 Å². The zero-order valence-electron chi connectivity index (χ0n) is 6.98. The smallest absolute Gasteiger partial charge is 0.208 e. The second-order valence-electron chi connectivity index (χ2n) is 2.76. The molecule has 0 fully saturated rings. The van der Waals surface area contributed by atoms with E-state index < -0.39 is 0 Å². The van der Waals surface area contributed by atoms with E-state index in [1.54, 1.807) is 12.4 Å². The highest BCUT2D eigenvalue weighted by molar-refractivity contribution is 5.84. The lowest BCUT2D eigenvalue weighted by atomic mass is 10.3. The summed E-state index contributed by atoms with van der Waals surface area (Å²) < 4.78 is 5.06. The molecule has 62 valence electrons. The Balaban J connectivity index is 2.73. The molecule has 0 bridgehead atoms.